The van der Waals surface area contributed by atoms with Gasteiger partial charge in [0.15, 0.2) is 0 Å². The Kier molecular flexibility index (Phi) is 5.17. The van der Waals surface area contributed by atoms with Gasteiger partial charge in [0.1, 0.15) is 12.1 Å². The molecule has 0 spiro atoms. The van der Waals surface area contributed by atoms with Crippen LogP contribution in [0.3, 0.4) is 0 Å². The SMILES string of the molecule is CCC1NC(=O)C(CC)N(C(C)C(C)CC)C1=O. The molecule has 18 heavy (non-hydrogen) atoms. The van der Waals surface area contributed by atoms with Crippen molar-refractivity contribution in [1.82, 2.24) is 10.2 Å². The second-order valence-corrected chi connectivity index (χ2v) is 5.27. The summed E-state index contributed by atoms with van der Waals surface area (Å²) in [6.45, 7) is 10.2. The van der Waals surface area contributed by atoms with Crippen molar-refractivity contribution < 1.29 is 9.59 Å². The van der Waals surface area contributed by atoms with E-state index in [1.807, 2.05) is 18.7 Å². The van der Waals surface area contributed by atoms with Gasteiger partial charge in [0.2, 0.25) is 11.8 Å². The molecule has 4 unspecified atom stereocenters. The van der Waals surface area contributed by atoms with Crippen LogP contribution in [0.1, 0.15) is 53.9 Å². The van der Waals surface area contributed by atoms with Gasteiger partial charge in [0.25, 0.3) is 0 Å². The predicted molar refractivity (Wildman–Crippen MR) is 72.1 cm³/mol. The lowest BCUT2D eigenvalue weighted by Gasteiger charge is -2.43. The summed E-state index contributed by atoms with van der Waals surface area (Å²) in [4.78, 5) is 26.3. The highest BCUT2D eigenvalue weighted by molar-refractivity contribution is 5.97. The number of nitrogens with zero attached hydrogens (tertiary/aromatic N) is 1. The molecular formula is C14H26N2O2. The van der Waals surface area contributed by atoms with Crippen LogP contribution in [0.25, 0.3) is 0 Å². The lowest BCUT2D eigenvalue weighted by molar-refractivity contribution is -0.153. The van der Waals surface area contributed by atoms with Gasteiger partial charge in [-0.05, 0) is 25.7 Å². The first-order valence-electron chi connectivity index (χ1n) is 7.10. The second-order valence-electron chi connectivity index (χ2n) is 5.27. The number of piperazine rings is 1. The Labute approximate surface area is 110 Å². The molecular weight excluding hydrogens is 228 g/mol. The largest absolute Gasteiger partial charge is 0.343 e. The van der Waals surface area contributed by atoms with Crippen molar-refractivity contribution >= 4 is 11.8 Å². The Morgan fingerprint density at radius 3 is 2.22 bits per heavy atom. The molecule has 0 aromatic heterocycles. The molecule has 104 valence electrons. The zero-order valence-electron chi connectivity index (χ0n) is 12.2. The number of hydrogen-bond acceptors (Lipinski definition) is 2. The monoisotopic (exact) mass is 254 g/mol. The fourth-order valence-electron chi connectivity index (χ4n) is 2.55. The molecule has 4 nitrogen and oxygen atoms in total. The van der Waals surface area contributed by atoms with Crippen molar-refractivity contribution in [3.8, 4) is 0 Å². The summed E-state index contributed by atoms with van der Waals surface area (Å²) in [5, 5.41) is 2.83. The minimum atomic E-state index is -0.341. The molecule has 0 aromatic rings. The number of hydrogen-bond donors (Lipinski definition) is 1. The van der Waals surface area contributed by atoms with Gasteiger partial charge in [-0.25, -0.2) is 0 Å². The number of amides is 2. The third-order valence-electron chi connectivity index (χ3n) is 4.21. The lowest BCUT2D eigenvalue weighted by Crippen LogP contribution is -2.65. The Bertz CT molecular complexity index is 317. The third kappa shape index (κ3) is 2.68. The molecule has 1 fully saturated rings. The van der Waals surface area contributed by atoms with E-state index in [1.54, 1.807) is 0 Å². The zero-order chi connectivity index (χ0) is 13.9. The van der Waals surface area contributed by atoms with Gasteiger partial charge in [-0.15, -0.1) is 0 Å². The lowest BCUT2D eigenvalue weighted by atomic mass is 9.93. The first-order chi connectivity index (χ1) is 8.47. The molecule has 0 radical (unpaired) electrons. The molecule has 1 heterocycles. The van der Waals surface area contributed by atoms with E-state index in [0.29, 0.717) is 18.8 Å². The summed E-state index contributed by atoms with van der Waals surface area (Å²) in [5.74, 6) is 0.488. The average Bonchev–Trinajstić information content (AvgIpc) is 2.38. The highest BCUT2D eigenvalue weighted by Gasteiger charge is 2.41. The topological polar surface area (TPSA) is 49.4 Å². The van der Waals surface area contributed by atoms with E-state index < -0.39 is 0 Å². The van der Waals surface area contributed by atoms with Gasteiger partial charge in [-0.1, -0.05) is 34.1 Å². The van der Waals surface area contributed by atoms with Crippen LogP contribution in [-0.2, 0) is 9.59 Å². The summed E-state index contributed by atoms with van der Waals surface area (Å²) in [6, 6.07) is -0.524. The fraction of sp³-hybridized carbons (Fsp3) is 0.857. The fourth-order valence-corrected chi connectivity index (χ4v) is 2.55. The summed E-state index contributed by atoms with van der Waals surface area (Å²) in [6.07, 6.45) is 2.35. The summed E-state index contributed by atoms with van der Waals surface area (Å²) in [5.41, 5.74) is 0. The van der Waals surface area contributed by atoms with Crippen molar-refractivity contribution in [2.45, 2.75) is 72.0 Å². The quantitative estimate of drug-likeness (QED) is 0.815. The van der Waals surface area contributed by atoms with Crippen LogP contribution in [0, 0.1) is 5.92 Å². The Hall–Kier alpha value is -1.06. The minimum absolute atomic E-state index is 0.000830. The molecule has 4 atom stereocenters. The van der Waals surface area contributed by atoms with Crippen molar-refractivity contribution in [2.24, 2.45) is 5.92 Å². The van der Waals surface area contributed by atoms with Crippen LogP contribution in [-0.4, -0.2) is 34.8 Å². The maximum absolute atomic E-state index is 12.4. The van der Waals surface area contributed by atoms with Gasteiger partial charge in [-0.2, -0.15) is 0 Å². The van der Waals surface area contributed by atoms with Crippen LogP contribution in [0.4, 0.5) is 0 Å². The number of rotatable bonds is 5. The molecule has 1 aliphatic heterocycles. The van der Waals surface area contributed by atoms with Crippen LogP contribution < -0.4 is 5.32 Å². The standard InChI is InChI=1S/C14H26N2O2/c1-6-9(4)10(5)16-12(8-3)13(17)15-11(7-2)14(16)18/h9-12H,6-8H2,1-5H3,(H,15,17). The summed E-state index contributed by atoms with van der Waals surface area (Å²) < 4.78 is 0. The number of nitrogens with one attached hydrogen (secondary N) is 1. The molecule has 1 N–H and O–H groups in total. The number of carbonyl (C=O) groups is 2. The first-order valence-corrected chi connectivity index (χ1v) is 7.10. The highest BCUT2D eigenvalue weighted by atomic mass is 16.2. The minimum Gasteiger partial charge on any atom is -0.343 e. The Balaban J connectivity index is 2.99. The highest BCUT2D eigenvalue weighted by Crippen LogP contribution is 2.23. The Morgan fingerprint density at radius 1 is 1.17 bits per heavy atom. The molecule has 0 aromatic carbocycles. The Morgan fingerprint density at radius 2 is 1.78 bits per heavy atom. The third-order valence-corrected chi connectivity index (χ3v) is 4.21. The maximum Gasteiger partial charge on any atom is 0.246 e. The normalized spacial score (nSPS) is 27.9. The van der Waals surface area contributed by atoms with Gasteiger partial charge >= 0.3 is 0 Å². The van der Waals surface area contributed by atoms with E-state index in [1.165, 1.54) is 0 Å². The van der Waals surface area contributed by atoms with E-state index in [9.17, 15) is 9.59 Å². The second kappa shape index (κ2) is 6.21. The van der Waals surface area contributed by atoms with Crippen molar-refractivity contribution in [3.05, 3.63) is 0 Å². The summed E-state index contributed by atoms with van der Waals surface area (Å²) in [7, 11) is 0. The van der Waals surface area contributed by atoms with Crippen molar-refractivity contribution in [2.75, 3.05) is 0 Å². The molecule has 1 rings (SSSR count). The molecule has 1 aliphatic rings. The van der Waals surface area contributed by atoms with Crippen LogP contribution in [0.2, 0.25) is 0 Å². The van der Waals surface area contributed by atoms with Crippen molar-refractivity contribution in [3.63, 3.8) is 0 Å². The van der Waals surface area contributed by atoms with Crippen molar-refractivity contribution in [1.29, 1.82) is 0 Å². The van der Waals surface area contributed by atoms with Crippen LogP contribution >= 0.6 is 0 Å². The van der Waals surface area contributed by atoms with E-state index in [4.69, 9.17) is 0 Å². The van der Waals surface area contributed by atoms with Gasteiger partial charge < -0.3 is 10.2 Å². The zero-order valence-corrected chi connectivity index (χ0v) is 12.2. The molecule has 1 saturated heterocycles. The maximum atomic E-state index is 12.4. The van der Waals surface area contributed by atoms with Crippen LogP contribution in [0.15, 0.2) is 0 Å². The van der Waals surface area contributed by atoms with Gasteiger partial charge in [0.05, 0.1) is 0 Å². The molecule has 0 bridgehead atoms. The van der Waals surface area contributed by atoms with Crippen LogP contribution in [0.5, 0.6) is 0 Å². The molecule has 0 aliphatic carbocycles. The van der Waals surface area contributed by atoms with E-state index >= 15 is 0 Å². The first kappa shape index (κ1) is 15.0. The van der Waals surface area contributed by atoms with E-state index in [0.717, 1.165) is 6.42 Å². The molecule has 0 saturated carbocycles. The number of carbonyl (C=O) groups excluding carboxylic acids is 2. The average molecular weight is 254 g/mol. The molecule has 4 heteroatoms. The summed E-state index contributed by atoms with van der Waals surface area (Å²) >= 11 is 0. The smallest absolute Gasteiger partial charge is 0.246 e. The predicted octanol–water partition coefficient (Wildman–Crippen LogP) is 1.94. The van der Waals surface area contributed by atoms with Gasteiger partial charge in [-0.3, -0.25) is 9.59 Å². The van der Waals surface area contributed by atoms with E-state index in [2.05, 4.69) is 26.1 Å². The van der Waals surface area contributed by atoms with Gasteiger partial charge in [0, 0.05) is 6.04 Å². The molecule has 2 amide bonds. The van der Waals surface area contributed by atoms with E-state index in [-0.39, 0.29) is 29.9 Å².